The molecule has 23 heavy (non-hydrogen) atoms. The molecule has 0 saturated carbocycles. The summed E-state index contributed by atoms with van der Waals surface area (Å²) in [5.74, 6) is -0.0139. The lowest BCUT2D eigenvalue weighted by Crippen LogP contribution is -2.34. The van der Waals surface area contributed by atoms with Gasteiger partial charge in [0.2, 0.25) is 11.9 Å². The summed E-state index contributed by atoms with van der Waals surface area (Å²) in [5.41, 5.74) is 0.697. The number of ketones is 1. The lowest BCUT2D eigenvalue weighted by Gasteiger charge is -2.20. The Bertz CT molecular complexity index is 610. The van der Waals surface area contributed by atoms with Crippen molar-refractivity contribution in [2.45, 2.75) is 25.6 Å². The third-order valence-electron chi connectivity index (χ3n) is 3.21. The quantitative estimate of drug-likeness (QED) is 0.667. The van der Waals surface area contributed by atoms with E-state index in [4.69, 9.17) is 9.47 Å². The van der Waals surface area contributed by atoms with E-state index in [1.165, 1.54) is 0 Å². The zero-order chi connectivity index (χ0) is 16.5. The number of ether oxygens (including phenoxy) is 2. The monoisotopic (exact) mass is 311 g/mol. The van der Waals surface area contributed by atoms with Gasteiger partial charge < -0.3 is 9.47 Å². The van der Waals surface area contributed by atoms with Crippen LogP contribution in [0.2, 0.25) is 0 Å². The molecule has 0 aromatic heterocycles. The maximum atomic E-state index is 12.7. The van der Waals surface area contributed by atoms with Gasteiger partial charge in [-0.05, 0) is 24.1 Å². The molecule has 4 nitrogen and oxygen atoms in total. The molecule has 0 aliphatic heterocycles. The minimum absolute atomic E-state index is 0.419. The van der Waals surface area contributed by atoms with Crippen LogP contribution in [0.4, 0.5) is 0 Å². The first kappa shape index (κ1) is 16.9. The molecule has 2 aromatic carbocycles. The maximum Gasteiger partial charge on any atom is 0.251 e. The molecule has 119 valence electrons. The first-order valence-corrected chi connectivity index (χ1v) is 7.56. The predicted molar refractivity (Wildman–Crippen MR) is 87.0 cm³/mol. The Balaban J connectivity index is 2.18. The molecule has 0 amide bonds. The van der Waals surface area contributed by atoms with Crippen molar-refractivity contribution in [2.75, 3.05) is 6.61 Å². The summed E-state index contributed by atoms with van der Waals surface area (Å²) in [7, 11) is 0. The summed E-state index contributed by atoms with van der Waals surface area (Å²) in [6, 6.07) is 17.8. The van der Waals surface area contributed by atoms with Crippen molar-refractivity contribution in [1.82, 2.24) is 0 Å². The Morgan fingerprint density at radius 2 is 1.65 bits per heavy atom. The summed E-state index contributed by atoms with van der Waals surface area (Å²) >= 11 is 0. The van der Waals surface area contributed by atoms with Crippen LogP contribution in [0.5, 0.6) is 5.75 Å². The van der Waals surface area contributed by atoms with Crippen LogP contribution in [0, 0.1) is 0 Å². The number of benzene rings is 2. The van der Waals surface area contributed by atoms with E-state index in [-0.39, 0.29) is 0 Å². The number of carbonyl (C=O) groups excluding carboxylic acids is 2. The summed E-state index contributed by atoms with van der Waals surface area (Å²) in [6.45, 7) is 2.37. The van der Waals surface area contributed by atoms with Gasteiger partial charge in [0.25, 0.3) is 6.29 Å². The molecule has 0 aliphatic carbocycles. The Morgan fingerprint density at radius 1 is 1.04 bits per heavy atom. The summed E-state index contributed by atoms with van der Waals surface area (Å²) < 4.78 is 11.1. The topological polar surface area (TPSA) is 52.6 Å². The van der Waals surface area contributed by atoms with Crippen LogP contribution in [0.15, 0.2) is 60.7 Å². The standard InChI is InChI=1S/C19H19O4/c1-2-13-22-19(15-9-5-3-6-10-15)18(21)17(14-20)23-16-11-7-4-8-12-16/h3-12,17,19H,2,13H2,1H3. The fraction of sp³-hybridized carbons (Fsp3) is 0.263. The van der Waals surface area contributed by atoms with E-state index in [2.05, 4.69) is 0 Å². The van der Waals surface area contributed by atoms with Gasteiger partial charge >= 0.3 is 0 Å². The fourth-order valence-electron chi connectivity index (χ4n) is 2.12. The molecule has 0 N–H and O–H groups in total. The smallest absolute Gasteiger partial charge is 0.251 e. The van der Waals surface area contributed by atoms with Crippen molar-refractivity contribution < 1.29 is 19.1 Å². The molecule has 2 unspecified atom stereocenters. The van der Waals surface area contributed by atoms with Crippen LogP contribution < -0.4 is 4.74 Å². The van der Waals surface area contributed by atoms with Gasteiger partial charge in [-0.15, -0.1) is 0 Å². The van der Waals surface area contributed by atoms with Crippen molar-refractivity contribution in [1.29, 1.82) is 0 Å². The third kappa shape index (κ3) is 4.76. The second-order valence-electron chi connectivity index (χ2n) is 4.99. The molecule has 1 radical (unpaired) electrons. The van der Waals surface area contributed by atoms with E-state index in [1.54, 1.807) is 42.7 Å². The number of hydrogen-bond acceptors (Lipinski definition) is 4. The van der Waals surface area contributed by atoms with Crippen molar-refractivity contribution >= 4 is 12.1 Å². The highest BCUT2D eigenvalue weighted by Crippen LogP contribution is 2.22. The van der Waals surface area contributed by atoms with Crippen molar-refractivity contribution in [3.63, 3.8) is 0 Å². The second kappa shape index (κ2) is 8.86. The van der Waals surface area contributed by atoms with Gasteiger partial charge in [-0.3, -0.25) is 9.59 Å². The number of hydrogen-bond donors (Lipinski definition) is 0. The Morgan fingerprint density at radius 3 is 2.22 bits per heavy atom. The van der Waals surface area contributed by atoms with Crippen LogP contribution >= 0.6 is 0 Å². The molecule has 4 heteroatoms. The normalized spacial score (nSPS) is 13.1. The minimum atomic E-state index is -1.32. The molecule has 0 saturated heterocycles. The Kier molecular flexibility index (Phi) is 6.51. The van der Waals surface area contributed by atoms with Gasteiger partial charge in [0.15, 0.2) is 0 Å². The molecule has 2 atom stereocenters. The van der Waals surface area contributed by atoms with E-state index in [0.717, 1.165) is 6.42 Å². The SMILES string of the molecule is CCCOC(C(=O)C([C]=O)Oc1ccccc1)c1ccccc1. The zero-order valence-electron chi connectivity index (χ0n) is 13.0. The van der Waals surface area contributed by atoms with Gasteiger partial charge in [-0.2, -0.15) is 0 Å². The van der Waals surface area contributed by atoms with Gasteiger partial charge in [-0.1, -0.05) is 55.5 Å². The van der Waals surface area contributed by atoms with Crippen LogP contribution in [-0.2, 0) is 14.3 Å². The fourth-order valence-corrected chi connectivity index (χ4v) is 2.12. The summed E-state index contributed by atoms with van der Waals surface area (Å²) in [5, 5.41) is 0. The average molecular weight is 311 g/mol. The zero-order valence-corrected chi connectivity index (χ0v) is 13.0. The Hall–Kier alpha value is -2.46. The van der Waals surface area contributed by atoms with Crippen molar-refractivity contribution in [2.24, 2.45) is 0 Å². The highest BCUT2D eigenvalue weighted by molar-refractivity contribution is 6.00. The van der Waals surface area contributed by atoms with Crippen molar-refractivity contribution in [3.8, 4) is 5.75 Å². The third-order valence-corrected chi connectivity index (χ3v) is 3.21. The molecule has 2 aromatic rings. The van der Waals surface area contributed by atoms with Crippen LogP contribution in [0.1, 0.15) is 25.0 Å². The number of Topliss-reactive ketones (excluding diaryl/α,β-unsaturated/α-hetero) is 1. The van der Waals surface area contributed by atoms with Crippen LogP contribution in [0.3, 0.4) is 0 Å². The minimum Gasteiger partial charge on any atom is -0.474 e. The molecule has 0 spiro atoms. The largest absolute Gasteiger partial charge is 0.474 e. The number of para-hydroxylation sites is 1. The number of rotatable bonds is 9. The predicted octanol–water partition coefficient (Wildman–Crippen LogP) is 3.28. The van der Waals surface area contributed by atoms with Gasteiger partial charge in [0.05, 0.1) is 0 Å². The molecule has 0 fully saturated rings. The lowest BCUT2D eigenvalue weighted by atomic mass is 10.0. The van der Waals surface area contributed by atoms with Crippen LogP contribution in [-0.4, -0.2) is 24.8 Å². The van der Waals surface area contributed by atoms with Gasteiger partial charge in [0, 0.05) is 6.61 Å². The second-order valence-corrected chi connectivity index (χ2v) is 4.99. The van der Waals surface area contributed by atoms with E-state index >= 15 is 0 Å². The van der Waals surface area contributed by atoms with Gasteiger partial charge in [-0.25, -0.2) is 0 Å². The first-order valence-electron chi connectivity index (χ1n) is 7.56. The summed E-state index contributed by atoms with van der Waals surface area (Å²) in [4.78, 5) is 23.9. The highest BCUT2D eigenvalue weighted by Gasteiger charge is 2.31. The van der Waals surface area contributed by atoms with E-state index in [9.17, 15) is 9.59 Å². The van der Waals surface area contributed by atoms with E-state index in [1.807, 2.05) is 31.2 Å². The van der Waals surface area contributed by atoms with Crippen LogP contribution in [0.25, 0.3) is 0 Å². The number of carbonyl (C=O) groups is 1. The average Bonchev–Trinajstić information content (AvgIpc) is 2.61. The maximum absolute atomic E-state index is 12.7. The molecular weight excluding hydrogens is 292 g/mol. The molecule has 0 aliphatic rings. The van der Waals surface area contributed by atoms with Gasteiger partial charge in [0.1, 0.15) is 11.9 Å². The van der Waals surface area contributed by atoms with Crippen molar-refractivity contribution in [3.05, 3.63) is 66.2 Å². The Labute approximate surface area is 136 Å². The molecular formula is C19H19O4. The molecule has 0 heterocycles. The molecule has 2 rings (SSSR count). The molecule has 0 bridgehead atoms. The highest BCUT2D eigenvalue weighted by atomic mass is 16.5. The first-order chi connectivity index (χ1) is 11.3. The summed E-state index contributed by atoms with van der Waals surface area (Å²) in [6.07, 6.45) is 0.283. The van der Waals surface area contributed by atoms with E-state index < -0.39 is 18.0 Å². The van der Waals surface area contributed by atoms with E-state index in [0.29, 0.717) is 17.9 Å². The lowest BCUT2D eigenvalue weighted by molar-refractivity contribution is -0.135.